The van der Waals surface area contributed by atoms with E-state index in [9.17, 15) is 0 Å². The minimum Gasteiger partial charge on any atom is -0.290 e. The standard InChI is InChI=1S/C12H42ClN23P8.C5H16N3P.9C2H6.Cl6N3P3/c1-31(2)43(32(3)4,33(5)6)29-42(30-44(34(7)8,35(9)10)36(11)12)27-40(13,23-20-37-17-14)26-41(28-42,24-21-38-18-15)25-22-39-19-16;1-7(2)9(5,6)8(3)4;9*1-2;1-10(2)7-11(3,4)9-12(5,6)8-10/h14-16,37-39H,1-12H3;6H,1-5H3;9*1-2H3;. The molecule has 4 unspecified atom stereocenters. The fourth-order valence-corrected chi connectivity index (χ4v) is 47.3. The highest BCUT2D eigenvalue weighted by atomic mass is 35.9. The van der Waals surface area contributed by atoms with Crippen LogP contribution in [0.3, 0.4) is 0 Å². The van der Waals surface area contributed by atoms with E-state index < -0.39 is 88.5 Å². The third-order valence-electron chi connectivity index (χ3n) is 7.38. The molecule has 48 heteroatoms. The lowest BCUT2D eigenvalue weighted by molar-refractivity contribution is 0.474. The SMILES string of the molecule is CC.CC.CC.CC.CC.CC.CC.CC.CC.CN(C)P(=NP1(N=P(N(C)C)(N(C)C)N(C)C)=NP(N=NPN=N)(N=NPN=N)=NP(Cl)(N=NPN=N)=N1)(N(C)C)N(C)C.CN(C)P(C)(=N)N(C)C.ClP1(Cl)=NP(Cl)(Cl)=NP(Cl)(Cl)=N1. The van der Waals surface area contributed by atoms with E-state index in [2.05, 4.69) is 62.0 Å². The van der Waals surface area contributed by atoms with Crippen LogP contribution in [0.5, 0.6) is 0 Å². The number of rotatable bonds is 19. The maximum Gasteiger partial charge on any atom is 0.347 e. The van der Waals surface area contributed by atoms with Crippen molar-refractivity contribution < 1.29 is 0 Å². The van der Waals surface area contributed by atoms with Crippen molar-refractivity contribution in [3.05, 3.63) is 0 Å². The van der Waals surface area contributed by atoms with Gasteiger partial charge >= 0.3 is 21.7 Å². The van der Waals surface area contributed by atoms with Crippen LogP contribution >= 0.6 is 167 Å². The summed E-state index contributed by atoms with van der Waals surface area (Å²) in [6.45, 7) is 34.2. The van der Waals surface area contributed by atoms with Gasteiger partial charge in [0.2, 0.25) is 0 Å². The van der Waals surface area contributed by atoms with Gasteiger partial charge < -0.3 is 0 Å². The molecule has 0 aromatic carbocycles. The third-order valence-corrected chi connectivity index (χ3v) is 42.7. The van der Waals surface area contributed by atoms with Gasteiger partial charge in [0, 0.05) is 0 Å². The molecule has 29 nitrogen and oxygen atoms in total. The Morgan fingerprint density at radius 3 is 0.723 bits per heavy atom. The summed E-state index contributed by atoms with van der Waals surface area (Å²) < 4.78 is 52.5. The van der Waals surface area contributed by atoms with Gasteiger partial charge in [-0.2, -0.15) is 50.8 Å². The van der Waals surface area contributed by atoms with Crippen LogP contribution in [0.1, 0.15) is 125 Å². The molecule has 0 saturated carbocycles. The first kappa shape index (κ1) is 107. The minimum atomic E-state index is -3.82. The molecular weight excluding hydrogens is 1450 g/mol. The molecule has 0 spiro atoms. The first-order valence-corrected chi connectivity index (χ1v) is 50.3. The number of nitrogens with zero attached hydrogens (tertiary/aromatic N) is 25. The van der Waals surface area contributed by atoms with Gasteiger partial charge in [-0.25, -0.2) is 16.6 Å². The van der Waals surface area contributed by atoms with Crippen LogP contribution in [0.25, 0.3) is 0 Å². The van der Waals surface area contributed by atoms with Crippen molar-refractivity contribution in [1.29, 1.82) is 21.8 Å². The van der Waals surface area contributed by atoms with Gasteiger partial charge in [-0.15, -0.1) is 29.3 Å². The van der Waals surface area contributed by atoms with Gasteiger partial charge in [0.25, 0.3) is 17.7 Å². The van der Waals surface area contributed by atoms with Gasteiger partial charge in [-0.1, -0.05) is 125 Å². The second kappa shape index (κ2) is 58.5. The van der Waals surface area contributed by atoms with Crippen LogP contribution in [-0.4, -0.2) is 157 Å². The molecule has 83 heavy (non-hydrogen) atoms. The zero-order valence-corrected chi connectivity index (χ0v) is 72.7. The molecule has 4 N–H and O–H groups in total. The molecule has 0 aromatic rings. The summed E-state index contributed by atoms with van der Waals surface area (Å²) in [4.78, 5) is 34.8. The fourth-order valence-electron chi connectivity index (χ4n) is 4.79. The summed E-state index contributed by atoms with van der Waals surface area (Å²) in [5.74, 6) is -8.72. The first-order valence-electron chi connectivity index (χ1n) is 26.0. The van der Waals surface area contributed by atoms with Crippen molar-refractivity contribution in [3.63, 3.8) is 0 Å². The zero-order chi connectivity index (χ0) is 69.3. The second-order valence-electron chi connectivity index (χ2n) is 13.6. The Hall–Kier alpha value is 2.67. The van der Waals surface area contributed by atoms with E-state index in [0.717, 1.165) is 0 Å². The topological polar surface area (TPSA) is 331 Å². The summed E-state index contributed by atoms with van der Waals surface area (Å²) in [5.41, 5.74) is 21.6. The summed E-state index contributed by atoms with van der Waals surface area (Å²) in [6.07, 6.45) is 0. The molecule has 2 aliphatic rings. The second-order valence-corrected chi connectivity index (χ2v) is 49.4. The van der Waals surface area contributed by atoms with Gasteiger partial charge in [0.05, 0.1) is 7.36 Å². The van der Waals surface area contributed by atoms with Crippen molar-refractivity contribution in [3.8, 4) is 0 Å². The van der Waals surface area contributed by atoms with E-state index in [0.29, 0.717) is 0 Å². The fraction of sp³-hybridized carbons (Fsp3) is 1.00. The molecule has 0 saturated heterocycles. The van der Waals surface area contributed by atoms with Gasteiger partial charge in [0.15, 0.2) is 41.7 Å². The summed E-state index contributed by atoms with van der Waals surface area (Å²) in [7, 11) is 14.0. The van der Waals surface area contributed by atoms with Crippen LogP contribution in [0.15, 0.2) is 80.1 Å². The van der Waals surface area contributed by atoms with E-state index in [1.54, 1.807) is 0 Å². The molecule has 2 aliphatic heterocycles. The van der Waals surface area contributed by atoms with E-state index in [1.807, 2.05) is 281 Å². The molecule has 0 amide bonds. The normalized spacial score (nSPS) is 18.9. The largest absolute Gasteiger partial charge is 0.347 e. The van der Waals surface area contributed by atoms with Gasteiger partial charge in [-0.3, -0.25) is 42.5 Å². The Labute approximate surface area is 546 Å². The van der Waals surface area contributed by atoms with Crippen molar-refractivity contribution in [2.24, 2.45) is 80.1 Å². The Balaban J connectivity index is -0.000000138. The van der Waals surface area contributed by atoms with E-state index in [1.165, 1.54) is 0 Å². The smallest absolute Gasteiger partial charge is 0.290 e. The number of halogens is 7. The van der Waals surface area contributed by atoms with Crippen molar-refractivity contribution in [1.82, 2.24) is 37.4 Å². The maximum absolute atomic E-state index is 7.80. The lowest BCUT2D eigenvalue weighted by Crippen LogP contribution is -2.31. The van der Waals surface area contributed by atoms with Crippen molar-refractivity contribution in [2.45, 2.75) is 125 Å². The maximum atomic E-state index is 7.80. The van der Waals surface area contributed by atoms with E-state index >= 15 is 0 Å². The molecule has 2 rings (SSSR count). The molecule has 0 aliphatic carbocycles. The molecule has 4 atom stereocenters. The molecule has 0 fully saturated rings. The molecule has 2 heterocycles. The van der Waals surface area contributed by atoms with Crippen LogP contribution in [0.4, 0.5) is 0 Å². The zero-order valence-electron chi connectivity index (χ0n) is 56.4. The monoisotopic (exact) mass is 1560 g/mol. The number of hydrogen-bond donors (Lipinski definition) is 4. The molecule has 506 valence electrons. The van der Waals surface area contributed by atoms with E-state index in [-0.39, 0.29) is 0 Å². The lowest BCUT2D eigenvalue weighted by Gasteiger charge is -2.44. The Morgan fingerprint density at radius 2 is 0.542 bits per heavy atom. The number of nitrogens with one attached hydrogen (secondary N) is 4. The van der Waals surface area contributed by atoms with Gasteiger partial charge in [0.1, 0.15) is 0 Å². The Morgan fingerprint density at radius 1 is 0.325 bits per heavy atom. The lowest BCUT2D eigenvalue weighted by atomic mass is 11.0. The highest BCUT2D eigenvalue weighted by Gasteiger charge is 2.44. The van der Waals surface area contributed by atoms with Crippen LogP contribution in [0.2, 0.25) is 0 Å². The Kier molecular flexibility index (Phi) is 75.6. The summed E-state index contributed by atoms with van der Waals surface area (Å²) in [5, 5.41) is 7.80. The average Bonchev–Trinajstić information content (AvgIpc) is 3.41. The number of hydrogen-bond acceptors (Lipinski definition) is 21. The van der Waals surface area contributed by atoms with Gasteiger partial charge in [-0.05, 0) is 198 Å². The molecule has 0 radical (unpaired) electrons. The summed E-state index contributed by atoms with van der Waals surface area (Å²) in [6, 6.07) is 0. The first-order chi connectivity index (χ1) is 38.4. The van der Waals surface area contributed by atoms with Crippen molar-refractivity contribution in [2.75, 3.05) is 119 Å². The van der Waals surface area contributed by atoms with Crippen LogP contribution in [0, 0.1) is 21.8 Å². The molecule has 0 aromatic heterocycles. The van der Waals surface area contributed by atoms with Crippen molar-refractivity contribution >= 4 is 167 Å². The van der Waals surface area contributed by atoms with E-state index in [4.69, 9.17) is 119 Å². The molecular formula is C35H112Cl7N29P12. The molecule has 0 bridgehead atoms. The minimum absolute atomic E-state index is 0.573. The predicted octanol–water partition coefficient (Wildman–Crippen LogP) is 28.2. The third kappa shape index (κ3) is 42.5. The predicted molar refractivity (Wildman–Crippen MR) is 398 cm³/mol. The quantitative estimate of drug-likeness (QED) is 0.0709. The summed E-state index contributed by atoms with van der Waals surface area (Å²) >= 11 is 41.0. The van der Waals surface area contributed by atoms with Crippen LogP contribution < -0.4 is 0 Å². The average molecular weight is 1560 g/mol. The van der Waals surface area contributed by atoms with Crippen LogP contribution in [-0.2, 0) is 0 Å². The highest BCUT2D eigenvalue weighted by Crippen LogP contribution is 2.89. The highest BCUT2D eigenvalue weighted by molar-refractivity contribution is 8.26. The Bertz CT molecular complexity index is 2100.